The first-order chi connectivity index (χ1) is 27.7. The van der Waals surface area contributed by atoms with Gasteiger partial charge in [-0.05, 0) is 85.9 Å². The molecular weight excluding hydrogens is 683 g/mol. The Morgan fingerprint density at radius 2 is 0.786 bits per heavy atom. The summed E-state index contributed by atoms with van der Waals surface area (Å²) in [6.07, 6.45) is 0. The van der Waals surface area contributed by atoms with E-state index < -0.39 is 0 Å². The van der Waals surface area contributed by atoms with Crippen LogP contribution in [0.1, 0.15) is 0 Å². The van der Waals surface area contributed by atoms with Gasteiger partial charge in [-0.25, -0.2) is 9.97 Å². The van der Waals surface area contributed by atoms with E-state index in [1.807, 2.05) is 12.1 Å². The van der Waals surface area contributed by atoms with Crippen LogP contribution in [0.15, 0.2) is 192 Å². The molecule has 0 aliphatic heterocycles. The van der Waals surface area contributed by atoms with Crippen molar-refractivity contribution in [2.24, 2.45) is 0 Å². The van der Waals surface area contributed by atoms with Gasteiger partial charge in [-0.15, -0.1) is 0 Å². The highest BCUT2D eigenvalue weighted by Crippen LogP contribution is 2.41. The Morgan fingerprint density at radius 1 is 0.304 bits per heavy atom. The Morgan fingerprint density at radius 3 is 1.43 bits per heavy atom. The van der Waals surface area contributed by atoms with Crippen molar-refractivity contribution in [3.63, 3.8) is 0 Å². The summed E-state index contributed by atoms with van der Waals surface area (Å²) in [5, 5.41) is 12.0. The highest BCUT2D eigenvalue weighted by Gasteiger charge is 2.19. The smallest absolute Gasteiger partial charge is 0.235 e. The standard InChI is InChI=1S/C52H31N3O/c1-3-13-32(14-4-1)46-31-47(33-15-5-2-6-16-33)54-52(53-46)55-48-22-12-11-21-40(48)41-25-23-34(27-49(41)55)35-24-26-42-45-29-43-38-19-9-7-17-36(38)37-18-8-10-20-39(37)44(43)30-51(45)56-50(42)28-35/h1-31H. The quantitative estimate of drug-likeness (QED) is 0.171. The van der Waals surface area contributed by atoms with Crippen LogP contribution in [0.3, 0.4) is 0 Å². The Kier molecular flexibility index (Phi) is 6.60. The third-order valence-electron chi connectivity index (χ3n) is 11.4. The number of para-hydroxylation sites is 1. The van der Waals surface area contributed by atoms with Crippen LogP contribution in [0.5, 0.6) is 0 Å². The van der Waals surface area contributed by atoms with Crippen molar-refractivity contribution in [3.8, 4) is 39.6 Å². The first-order valence-electron chi connectivity index (χ1n) is 19.0. The van der Waals surface area contributed by atoms with Crippen LogP contribution in [0.4, 0.5) is 0 Å². The zero-order chi connectivity index (χ0) is 36.7. The predicted molar refractivity (Wildman–Crippen MR) is 232 cm³/mol. The highest BCUT2D eigenvalue weighted by atomic mass is 16.3. The molecule has 0 amide bonds. The van der Waals surface area contributed by atoms with Gasteiger partial charge in [0.05, 0.1) is 22.4 Å². The topological polar surface area (TPSA) is 43.9 Å². The molecule has 0 saturated carbocycles. The number of furan rings is 1. The molecule has 3 heterocycles. The van der Waals surface area contributed by atoms with Gasteiger partial charge < -0.3 is 4.42 Å². The maximum absolute atomic E-state index is 6.70. The molecule has 0 N–H and O–H groups in total. The molecule has 0 unspecified atom stereocenters. The van der Waals surface area contributed by atoms with Crippen molar-refractivity contribution in [1.29, 1.82) is 0 Å². The summed E-state index contributed by atoms with van der Waals surface area (Å²) in [6.45, 7) is 0. The molecule has 0 fully saturated rings. The molecule has 3 aromatic heterocycles. The van der Waals surface area contributed by atoms with Crippen molar-refractivity contribution >= 4 is 76.1 Å². The lowest BCUT2D eigenvalue weighted by atomic mass is 9.93. The minimum atomic E-state index is 0.633. The largest absolute Gasteiger partial charge is 0.456 e. The molecule has 4 nitrogen and oxygen atoms in total. The van der Waals surface area contributed by atoms with Gasteiger partial charge in [0.2, 0.25) is 5.95 Å². The molecule has 0 aliphatic rings. The second kappa shape index (κ2) is 12.0. The highest BCUT2D eigenvalue weighted by molar-refractivity contribution is 6.28. The fraction of sp³-hybridized carbons (Fsp3) is 0. The Balaban J connectivity index is 1.06. The number of hydrogen-bond donors (Lipinski definition) is 0. The zero-order valence-corrected chi connectivity index (χ0v) is 30.1. The van der Waals surface area contributed by atoms with E-state index in [9.17, 15) is 0 Å². The van der Waals surface area contributed by atoms with Crippen LogP contribution in [0.2, 0.25) is 0 Å². The fourth-order valence-electron chi connectivity index (χ4n) is 8.77. The lowest BCUT2D eigenvalue weighted by Crippen LogP contribution is -2.04. The maximum Gasteiger partial charge on any atom is 0.235 e. The minimum Gasteiger partial charge on any atom is -0.456 e. The molecule has 0 saturated heterocycles. The number of aromatic nitrogens is 3. The predicted octanol–water partition coefficient (Wildman–Crippen LogP) is 13.9. The minimum absolute atomic E-state index is 0.633. The molecule has 0 bridgehead atoms. The zero-order valence-electron chi connectivity index (χ0n) is 30.1. The molecule has 56 heavy (non-hydrogen) atoms. The summed E-state index contributed by atoms with van der Waals surface area (Å²) in [4.78, 5) is 10.5. The first kappa shape index (κ1) is 30.9. The summed E-state index contributed by atoms with van der Waals surface area (Å²) in [7, 11) is 0. The average molecular weight is 714 g/mol. The molecule has 0 radical (unpaired) electrons. The fourth-order valence-corrected chi connectivity index (χ4v) is 8.77. The molecule has 4 heteroatoms. The Labute approximate surface area is 321 Å². The molecule has 0 spiro atoms. The second-order valence-corrected chi connectivity index (χ2v) is 14.6. The van der Waals surface area contributed by atoms with Crippen molar-refractivity contribution in [2.45, 2.75) is 0 Å². The number of nitrogens with zero attached hydrogens (tertiary/aromatic N) is 3. The molecular formula is C52H31N3O. The third-order valence-corrected chi connectivity index (χ3v) is 11.4. The molecule has 0 atom stereocenters. The number of fused-ring (bicyclic) bond motifs is 12. The molecule has 0 aliphatic carbocycles. The van der Waals surface area contributed by atoms with Crippen LogP contribution in [0, 0.1) is 0 Å². The number of rotatable bonds is 4. The lowest BCUT2D eigenvalue weighted by Gasteiger charge is -2.12. The van der Waals surface area contributed by atoms with Gasteiger partial charge in [0.15, 0.2) is 0 Å². The van der Waals surface area contributed by atoms with Gasteiger partial charge in [-0.1, -0.05) is 146 Å². The summed E-state index contributed by atoms with van der Waals surface area (Å²) in [5.74, 6) is 0.633. The summed E-state index contributed by atoms with van der Waals surface area (Å²) < 4.78 is 8.91. The molecule has 12 rings (SSSR count). The summed E-state index contributed by atoms with van der Waals surface area (Å²) in [6, 6.07) is 66.6. The van der Waals surface area contributed by atoms with E-state index >= 15 is 0 Å². The van der Waals surface area contributed by atoms with Gasteiger partial charge in [0.1, 0.15) is 11.2 Å². The monoisotopic (exact) mass is 713 g/mol. The SMILES string of the molecule is c1ccc(-c2cc(-c3ccccc3)nc(-n3c4ccccc4c4ccc(-c5ccc6c(c5)oc5cc7c8ccccc8c8ccccc8c7cc56)cc43)n2)cc1. The van der Waals surface area contributed by atoms with E-state index in [1.165, 1.54) is 32.3 Å². The third kappa shape index (κ3) is 4.66. The van der Waals surface area contributed by atoms with E-state index in [2.05, 4.69) is 180 Å². The maximum atomic E-state index is 6.70. The van der Waals surface area contributed by atoms with Crippen molar-refractivity contribution in [3.05, 3.63) is 188 Å². The van der Waals surface area contributed by atoms with Gasteiger partial charge in [-0.2, -0.15) is 0 Å². The Hall–Kier alpha value is -7.56. The van der Waals surface area contributed by atoms with Crippen LogP contribution in [-0.4, -0.2) is 14.5 Å². The van der Waals surface area contributed by atoms with E-state index in [1.54, 1.807) is 0 Å². The second-order valence-electron chi connectivity index (χ2n) is 14.6. The van der Waals surface area contributed by atoms with Gasteiger partial charge in [0.25, 0.3) is 0 Å². The normalized spacial score (nSPS) is 11.9. The van der Waals surface area contributed by atoms with Crippen molar-refractivity contribution < 1.29 is 4.42 Å². The van der Waals surface area contributed by atoms with E-state index in [0.29, 0.717) is 5.95 Å². The molecule has 9 aromatic carbocycles. The Bertz CT molecular complexity index is 3470. The van der Waals surface area contributed by atoms with Crippen molar-refractivity contribution in [2.75, 3.05) is 0 Å². The molecule has 12 aromatic rings. The number of hydrogen-bond acceptors (Lipinski definition) is 3. The van der Waals surface area contributed by atoms with E-state index in [4.69, 9.17) is 14.4 Å². The first-order valence-corrected chi connectivity index (χ1v) is 19.0. The lowest BCUT2D eigenvalue weighted by molar-refractivity contribution is 0.669. The summed E-state index contributed by atoms with van der Waals surface area (Å²) in [5.41, 5.74) is 9.88. The van der Waals surface area contributed by atoms with Gasteiger partial charge in [0, 0.05) is 32.7 Å². The molecule has 260 valence electrons. The van der Waals surface area contributed by atoms with E-state index in [0.717, 1.165) is 77.4 Å². The van der Waals surface area contributed by atoms with Gasteiger partial charge in [-0.3, -0.25) is 4.57 Å². The summed E-state index contributed by atoms with van der Waals surface area (Å²) >= 11 is 0. The van der Waals surface area contributed by atoms with Crippen LogP contribution < -0.4 is 0 Å². The number of benzene rings is 9. The van der Waals surface area contributed by atoms with Crippen LogP contribution >= 0.6 is 0 Å². The van der Waals surface area contributed by atoms with E-state index in [-0.39, 0.29) is 0 Å². The van der Waals surface area contributed by atoms with Crippen LogP contribution in [-0.2, 0) is 0 Å². The van der Waals surface area contributed by atoms with Crippen molar-refractivity contribution in [1.82, 2.24) is 14.5 Å². The average Bonchev–Trinajstić information content (AvgIpc) is 3.80. The van der Waals surface area contributed by atoms with Crippen LogP contribution in [0.25, 0.3) is 116 Å². The van der Waals surface area contributed by atoms with Gasteiger partial charge >= 0.3 is 0 Å².